The van der Waals surface area contributed by atoms with Crippen molar-refractivity contribution < 1.29 is 14.3 Å². The molecule has 1 aliphatic heterocycles. The van der Waals surface area contributed by atoms with Crippen LogP contribution in [0.3, 0.4) is 0 Å². The second-order valence-electron chi connectivity index (χ2n) is 3.75. The van der Waals surface area contributed by atoms with E-state index in [1.807, 2.05) is 13.8 Å². The molecule has 1 heterocycles. The zero-order valence-electron chi connectivity index (χ0n) is 8.16. The predicted octanol–water partition coefficient (Wildman–Crippen LogP) is 2.35. The van der Waals surface area contributed by atoms with Gasteiger partial charge in [0.1, 0.15) is 12.2 Å². The Kier molecular flexibility index (Phi) is 2.18. The number of carbonyl (C=O) groups is 1. The van der Waals surface area contributed by atoms with E-state index in [-0.39, 0.29) is 12.2 Å². The molecule has 0 aromatic carbocycles. The molecule has 2 saturated carbocycles. The molecule has 0 spiro atoms. The average molecular weight is 184 g/mol. The van der Waals surface area contributed by atoms with Crippen LogP contribution in [0.2, 0.25) is 0 Å². The van der Waals surface area contributed by atoms with Gasteiger partial charge in [-0.2, -0.15) is 0 Å². The van der Waals surface area contributed by atoms with Gasteiger partial charge in [0.15, 0.2) is 0 Å². The van der Waals surface area contributed by atoms with Crippen molar-refractivity contribution in [1.29, 1.82) is 0 Å². The molecule has 74 valence electrons. The van der Waals surface area contributed by atoms with E-state index in [0.717, 1.165) is 0 Å². The van der Waals surface area contributed by atoms with E-state index < -0.39 is 6.16 Å². The van der Waals surface area contributed by atoms with E-state index >= 15 is 0 Å². The fourth-order valence-corrected chi connectivity index (χ4v) is 2.76. The van der Waals surface area contributed by atoms with Gasteiger partial charge in [0, 0.05) is 11.8 Å². The van der Waals surface area contributed by atoms with E-state index in [1.165, 1.54) is 19.3 Å². The Hall–Kier alpha value is -0.730. The Morgan fingerprint density at radius 2 is 1.54 bits per heavy atom. The van der Waals surface area contributed by atoms with E-state index in [1.54, 1.807) is 0 Å². The Balaban J connectivity index is 0.000000308. The summed E-state index contributed by atoms with van der Waals surface area (Å²) in [7, 11) is 0. The third-order valence-electron chi connectivity index (χ3n) is 3.23. The SMILES string of the molecule is CC.O=C1OC2C3CCC(C3)C2O1. The summed E-state index contributed by atoms with van der Waals surface area (Å²) >= 11 is 0. The van der Waals surface area contributed by atoms with Crippen LogP contribution in [0.1, 0.15) is 33.1 Å². The third kappa shape index (κ3) is 1.21. The largest absolute Gasteiger partial charge is 0.509 e. The van der Waals surface area contributed by atoms with Crippen LogP contribution in [0.5, 0.6) is 0 Å². The third-order valence-corrected chi connectivity index (χ3v) is 3.23. The lowest BCUT2D eigenvalue weighted by Crippen LogP contribution is -2.28. The minimum Gasteiger partial charge on any atom is -0.427 e. The lowest BCUT2D eigenvalue weighted by Gasteiger charge is -2.19. The van der Waals surface area contributed by atoms with Gasteiger partial charge in [-0.05, 0) is 19.3 Å². The summed E-state index contributed by atoms with van der Waals surface area (Å²) in [4.78, 5) is 10.7. The Bertz CT molecular complexity index is 194. The summed E-state index contributed by atoms with van der Waals surface area (Å²) in [6, 6.07) is 0. The average Bonchev–Trinajstić information content (AvgIpc) is 2.77. The molecule has 3 aliphatic rings. The normalized spacial score (nSPS) is 44.6. The summed E-state index contributed by atoms with van der Waals surface area (Å²) in [6.07, 6.45) is 3.44. The fraction of sp³-hybridized carbons (Fsp3) is 0.900. The van der Waals surface area contributed by atoms with Crippen LogP contribution < -0.4 is 0 Å². The molecule has 2 aliphatic carbocycles. The molecule has 3 rings (SSSR count). The van der Waals surface area contributed by atoms with Gasteiger partial charge in [-0.25, -0.2) is 4.79 Å². The molecule has 0 amide bonds. The summed E-state index contributed by atoms with van der Waals surface area (Å²) in [6.45, 7) is 4.00. The van der Waals surface area contributed by atoms with Crippen molar-refractivity contribution in [2.24, 2.45) is 11.8 Å². The van der Waals surface area contributed by atoms with Gasteiger partial charge in [0.2, 0.25) is 0 Å². The van der Waals surface area contributed by atoms with Crippen molar-refractivity contribution in [3.63, 3.8) is 0 Å². The molecule has 0 N–H and O–H groups in total. The standard InChI is InChI=1S/C8H10O3.C2H6/c9-8-10-6-4-1-2-5(3-4)7(6)11-8;1-2/h4-7H,1-3H2;1-2H3. The highest BCUT2D eigenvalue weighted by molar-refractivity contribution is 5.63. The molecular weight excluding hydrogens is 168 g/mol. The van der Waals surface area contributed by atoms with Crippen molar-refractivity contribution in [3.8, 4) is 0 Å². The maximum Gasteiger partial charge on any atom is 0.509 e. The van der Waals surface area contributed by atoms with Crippen LogP contribution in [0.15, 0.2) is 0 Å². The van der Waals surface area contributed by atoms with Crippen LogP contribution in [-0.4, -0.2) is 18.4 Å². The Morgan fingerprint density at radius 3 is 2.00 bits per heavy atom. The monoisotopic (exact) mass is 184 g/mol. The molecule has 0 radical (unpaired) electrons. The van der Waals surface area contributed by atoms with Gasteiger partial charge < -0.3 is 9.47 Å². The molecule has 1 saturated heterocycles. The minimum absolute atomic E-state index is 0.112. The molecule has 4 atom stereocenters. The first kappa shape index (κ1) is 8.85. The Morgan fingerprint density at radius 1 is 1.08 bits per heavy atom. The van der Waals surface area contributed by atoms with Gasteiger partial charge in [-0.3, -0.25) is 0 Å². The molecule has 3 nitrogen and oxygen atoms in total. The Labute approximate surface area is 78.4 Å². The van der Waals surface area contributed by atoms with Gasteiger partial charge in [0.05, 0.1) is 0 Å². The molecule has 13 heavy (non-hydrogen) atoms. The first-order chi connectivity index (χ1) is 6.34. The molecule has 0 aromatic rings. The summed E-state index contributed by atoms with van der Waals surface area (Å²) in [5.74, 6) is 1.22. The summed E-state index contributed by atoms with van der Waals surface area (Å²) in [5, 5.41) is 0. The number of rotatable bonds is 0. The molecule has 3 fully saturated rings. The first-order valence-corrected chi connectivity index (χ1v) is 5.22. The molecule has 3 heteroatoms. The number of carbonyl (C=O) groups excluding carboxylic acids is 1. The summed E-state index contributed by atoms with van der Waals surface area (Å²) in [5.41, 5.74) is 0. The van der Waals surface area contributed by atoms with Crippen molar-refractivity contribution in [1.82, 2.24) is 0 Å². The second kappa shape index (κ2) is 3.20. The van der Waals surface area contributed by atoms with Crippen molar-refractivity contribution >= 4 is 6.16 Å². The molecule has 0 aromatic heterocycles. The molecule has 4 unspecified atom stereocenters. The lowest BCUT2D eigenvalue weighted by atomic mass is 9.95. The van der Waals surface area contributed by atoms with Crippen LogP contribution >= 0.6 is 0 Å². The van der Waals surface area contributed by atoms with Crippen molar-refractivity contribution in [2.75, 3.05) is 0 Å². The van der Waals surface area contributed by atoms with Crippen LogP contribution in [0.4, 0.5) is 4.79 Å². The summed E-state index contributed by atoms with van der Waals surface area (Å²) < 4.78 is 10.1. The molecule has 2 bridgehead atoms. The van der Waals surface area contributed by atoms with Gasteiger partial charge in [0.25, 0.3) is 0 Å². The number of ether oxygens (including phenoxy) is 2. The van der Waals surface area contributed by atoms with Crippen LogP contribution in [0.25, 0.3) is 0 Å². The van der Waals surface area contributed by atoms with Gasteiger partial charge >= 0.3 is 6.16 Å². The topological polar surface area (TPSA) is 35.5 Å². The van der Waals surface area contributed by atoms with Gasteiger partial charge in [-0.1, -0.05) is 13.8 Å². The van der Waals surface area contributed by atoms with Crippen molar-refractivity contribution in [2.45, 2.75) is 45.3 Å². The zero-order chi connectivity index (χ0) is 9.42. The lowest BCUT2D eigenvalue weighted by molar-refractivity contribution is 0.100. The number of hydrogen-bond donors (Lipinski definition) is 0. The number of hydrogen-bond acceptors (Lipinski definition) is 3. The predicted molar refractivity (Wildman–Crippen MR) is 47.3 cm³/mol. The first-order valence-electron chi connectivity index (χ1n) is 5.22. The highest BCUT2D eigenvalue weighted by Crippen LogP contribution is 2.49. The van der Waals surface area contributed by atoms with E-state index in [0.29, 0.717) is 11.8 Å². The highest BCUT2D eigenvalue weighted by atomic mass is 16.8. The maximum absolute atomic E-state index is 10.7. The van der Waals surface area contributed by atoms with Gasteiger partial charge in [-0.15, -0.1) is 0 Å². The smallest absolute Gasteiger partial charge is 0.427 e. The minimum atomic E-state index is -0.448. The van der Waals surface area contributed by atoms with Crippen LogP contribution in [-0.2, 0) is 9.47 Å². The highest BCUT2D eigenvalue weighted by Gasteiger charge is 2.55. The van der Waals surface area contributed by atoms with E-state index in [2.05, 4.69) is 0 Å². The zero-order valence-corrected chi connectivity index (χ0v) is 8.16. The maximum atomic E-state index is 10.7. The van der Waals surface area contributed by atoms with E-state index in [4.69, 9.17) is 9.47 Å². The number of fused-ring (bicyclic) bond motifs is 5. The second-order valence-corrected chi connectivity index (χ2v) is 3.75. The van der Waals surface area contributed by atoms with Crippen LogP contribution in [0, 0.1) is 11.8 Å². The van der Waals surface area contributed by atoms with Crippen molar-refractivity contribution in [3.05, 3.63) is 0 Å². The fourth-order valence-electron chi connectivity index (χ4n) is 2.76. The molecular formula is C10H16O3. The van der Waals surface area contributed by atoms with E-state index in [9.17, 15) is 4.79 Å². The quantitative estimate of drug-likeness (QED) is 0.542.